The van der Waals surface area contributed by atoms with Gasteiger partial charge >= 0.3 is 0 Å². The van der Waals surface area contributed by atoms with Crippen molar-refractivity contribution in [2.45, 2.75) is 12.3 Å². The van der Waals surface area contributed by atoms with E-state index in [4.69, 9.17) is 10.2 Å². The molecule has 0 spiro atoms. The van der Waals surface area contributed by atoms with Crippen molar-refractivity contribution in [3.05, 3.63) is 23.7 Å². The van der Waals surface area contributed by atoms with Crippen molar-refractivity contribution in [3.8, 4) is 0 Å². The van der Waals surface area contributed by atoms with Gasteiger partial charge in [0.05, 0.1) is 25.1 Å². The van der Waals surface area contributed by atoms with Crippen LogP contribution in [0.3, 0.4) is 0 Å². The highest BCUT2D eigenvalue weighted by atomic mass is 32.2. The first-order valence-corrected chi connectivity index (χ1v) is 9.74. The molecule has 0 bridgehead atoms. The molecule has 1 aromatic heterocycles. The first-order chi connectivity index (χ1) is 10.2. The Morgan fingerprint density at radius 2 is 1.95 bits per heavy atom. The molecular weight excluding hydrogens is 324 g/mol. The molecule has 7 nitrogen and oxygen atoms in total. The number of guanidine groups is 1. The normalized spacial score (nSPS) is 12.9. The minimum Gasteiger partial charge on any atom is -0.464 e. The Hall–Kier alpha value is -1.19. The van der Waals surface area contributed by atoms with Gasteiger partial charge in [-0.15, -0.1) is 0 Å². The van der Waals surface area contributed by atoms with Gasteiger partial charge in [-0.3, -0.25) is 4.99 Å². The summed E-state index contributed by atoms with van der Waals surface area (Å²) in [5.41, 5.74) is 5.61. The number of sulfonamides is 1. The van der Waals surface area contributed by atoms with E-state index in [-0.39, 0.29) is 5.96 Å². The van der Waals surface area contributed by atoms with Crippen LogP contribution in [0.4, 0.5) is 0 Å². The van der Waals surface area contributed by atoms with Gasteiger partial charge in [-0.1, -0.05) is 0 Å². The largest absolute Gasteiger partial charge is 0.464 e. The maximum absolute atomic E-state index is 11.3. The molecule has 0 unspecified atom stereocenters. The van der Waals surface area contributed by atoms with Gasteiger partial charge in [-0.2, -0.15) is 11.8 Å². The highest BCUT2D eigenvalue weighted by Gasteiger charge is 2.12. The molecule has 1 rings (SSSR count). The number of rotatable bonds is 8. The van der Waals surface area contributed by atoms with E-state index in [1.807, 2.05) is 31.1 Å². The molecule has 9 heteroatoms. The van der Waals surface area contributed by atoms with Crippen LogP contribution in [0, 0.1) is 0 Å². The Kier molecular flexibility index (Phi) is 7.24. The zero-order chi connectivity index (χ0) is 16.8. The Labute approximate surface area is 136 Å². The second kappa shape index (κ2) is 8.44. The molecule has 0 aliphatic rings. The molecule has 0 fully saturated rings. The second-order valence-corrected chi connectivity index (χ2v) is 8.25. The Morgan fingerprint density at radius 3 is 2.55 bits per heavy atom. The molecule has 1 aromatic rings. The molecule has 0 amide bonds. The van der Waals surface area contributed by atoms with Gasteiger partial charge in [0.15, 0.2) is 0 Å². The summed E-state index contributed by atoms with van der Waals surface area (Å²) >= 11 is 1.66. The van der Waals surface area contributed by atoms with E-state index in [0.717, 1.165) is 40.1 Å². The van der Waals surface area contributed by atoms with Gasteiger partial charge < -0.3 is 15.1 Å². The SMILES string of the molecule is CN(C)Cc1ccc(CSCCN=C(N)N(C)S(C)(=O)=O)o1. The summed E-state index contributed by atoms with van der Waals surface area (Å²) < 4.78 is 29.2. The van der Waals surface area contributed by atoms with E-state index in [0.29, 0.717) is 6.54 Å². The van der Waals surface area contributed by atoms with Gasteiger partial charge in [-0.05, 0) is 26.2 Å². The summed E-state index contributed by atoms with van der Waals surface area (Å²) in [5.74, 6) is 3.37. The number of hydrogen-bond acceptors (Lipinski definition) is 6. The van der Waals surface area contributed by atoms with Crippen LogP contribution in [-0.2, 0) is 22.3 Å². The summed E-state index contributed by atoms with van der Waals surface area (Å²) in [5, 5.41) is 0. The molecule has 0 saturated heterocycles. The summed E-state index contributed by atoms with van der Waals surface area (Å²) in [6.45, 7) is 1.24. The van der Waals surface area contributed by atoms with Crippen LogP contribution in [0.25, 0.3) is 0 Å². The lowest BCUT2D eigenvalue weighted by Gasteiger charge is -2.14. The average molecular weight is 348 g/mol. The van der Waals surface area contributed by atoms with Crippen LogP contribution in [-0.4, -0.2) is 63.3 Å². The molecule has 0 radical (unpaired) electrons. The van der Waals surface area contributed by atoms with E-state index in [1.54, 1.807) is 11.8 Å². The van der Waals surface area contributed by atoms with Crippen molar-refractivity contribution >= 4 is 27.7 Å². The Balaban J connectivity index is 2.32. The van der Waals surface area contributed by atoms with Gasteiger partial charge in [0.2, 0.25) is 16.0 Å². The zero-order valence-electron chi connectivity index (χ0n) is 13.4. The topological polar surface area (TPSA) is 92.1 Å². The van der Waals surface area contributed by atoms with Crippen LogP contribution in [0.1, 0.15) is 11.5 Å². The fourth-order valence-corrected chi connectivity index (χ4v) is 2.68. The summed E-state index contributed by atoms with van der Waals surface area (Å²) in [7, 11) is 2.03. The van der Waals surface area contributed by atoms with Gasteiger partial charge in [0, 0.05) is 12.8 Å². The third-order valence-electron chi connectivity index (χ3n) is 2.76. The number of nitrogens with zero attached hydrogens (tertiary/aromatic N) is 3. The van der Waals surface area contributed by atoms with Crippen LogP contribution >= 0.6 is 11.8 Å². The summed E-state index contributed by atoms with van der Waals surface area (Å²) in [4.78, 5) is 6.10. The van der Waals surface area contributed by atoms with Gasteiger partial charge in [0.1, 0.15) is 11.5 Å². The van der Waals surface area contributed by atoms with E-state index in [2.05, 4.69) is 4.99 Å². The number of hydrogen-bond donors (Lipinski definition) is 1. The predicted octanol–water partition coefficient (Wildman–Crippen LogP) is 0.781. The third kappa shape index (κ3) is 6.71. The molecule has 0 saturated carbocycles. The van der Waals surface area contributed by atoms with Crippen molar-refractivity contribution in [2.24, 2.45) is 10.7 Å². The quantitative estimate of drug-likeness (QED) is 0.424. The van der Waals surface area contributed by atoms with Crippen LogP contribution < -0.4 is 5.73 Å². The number of nitrogens with two attached hydrogens (primary N) is 1. The molecular formula is C13H24N4O3S2. The van der Waals surface area contributed by atoms with Crippen molar-refractivity contribution in [1.82, 2.24) is 9.21 Å². The maximum atomic E-state index is 11.3. The molecule has 2 N–H and O–H groups in total. The monoisotopic (exact) mass is 348 g/mol. The van der Waals surface area contributed by atoms with Gasteiger partial charge in [0.25, 0.3) is 0 Å². The Bertz CT molecular complexity index is 596. The molecule has 1 heterocycles. The standard InChI is InChI=1S/C13H24N4O3S2/c1-16(2)9-11-5-6-12(20-11)10-21-8-7-15-13(14)17(3)22(4,18)19/h5-6H,7-10H2,1-4H3,(H2,14,15). The maximum Gasteiger partial charge on any atom is 0.234 e. The van der Waals surface area contributed by atoms with E-state index >= 15 is 0 Å². The average Bonchev–Trinajstić information content (AvgIpc) is 2.82. The number of thioether (sulfide) groups is 1. The molecule has 0 aliphatic heterocycles. The lowest BCUT2D eigenvalue weighted by atomic mass is 10.4. The first-order valence-electron chi connectivity index (χ1n) is 6.74. The fourth-order valence-electron chi connectivity index (χ4n) is 1.56. The molecule has 0 atom stereocenters. The smallest absolute Gasteiger partial charge is 0.234 e. The third-order valence-corrected chi connectivity index (χ3v) is 4.91. The number of aliphatic imine (C=N–C) groups is 1. The predicted molar refractivity (Wildman–Crippen MR) is 91.4 cm³/mol. The van der Waals surface area contributed by atoms with Crippen LogP contribution in [0.5, 0.6) is 0 Å². The molecule has 126 valence electrons. The lowest BCUT2D eigenvalue weighted by Crippen LogP contribution is -2.38. The summed E-state index contributed by atoms with van der Waals surface area (Å²) in [6, 6.07) is 3.95. The highest BCUT2D eigenvalue weighted by molar-refractivity contribution is 7.98. The Morgan fingerprint density at radius 1 is 1.32 bits per heavy atom. The first kappa shape index (κ1) is 18.9. The van der Waals surface area contributed by atoms with E-state index in [9.17, 15) is 8.42 Å². The second-order valence-electron chi connectivity index (χ2n) is 5.13. The van der Waals surface area contributed by atoms with E-state index < -0.39 is 10.0 Å². The van der Waals surface area contributed by atoms with Crippen molar-refractivity contribution < 1.29 is 12.8 Å². The van der Waals surface area contributed by atoms with Crippen molar-refractivity contribution in [1.29, 1.82) is 0 Å². The fraction of sp³-hybridized carbons (Fsp3) is 0.615. The van der Waals surface area contributed by atoms with Crippen molar-refractivity contribution in [3.63, 3.8) is 0 Å². The van der Waals surface area contributed by atoms with Crippen LogP contribution in [0.15, 0.2) is 21.5 Å². The molecule has 0 aliphatic carbocycles. The minimum absolute atomic E-state index is 0.00867. The number of furan rings is 1. The lowest BCUT2D eigenvalue weighted by molar-refractivity contribution is 0.344. The highest BCUT2D eigenvalue weighted by Crippen LogP contribution is 2.16. The van der Waals surface area contributed by atoms with Crippen LogP contribution in [0.2, 0.25) is 0 Å². The zero-order valence-corrected chi connectivity index (χ0v) is 15.1. The molecule has 0 aromatic carbocycles. The van der Waals surface area contributed by atoms with Crippen molar-refractivity contribution in [2.75, 3.05) is 39.7 Å². The van der Waals surface area contributed by atoms with E-state index in [1.165, 1.54) is 7.05 Å². The summed E-state index contributed by atoms with van der Waals surface area (Å²) in [6.07, 6.45) is 1.09. The molecule has 22 heavy (non-hydrogen) atoms. The van der Waals surface area contributed by atoms with Gasteiger partial charge in [-0.25, -0.2) is 12.7 Å². The minimum atomic E-state index is -3.34.